The molecular formula is C33H32N6O6S2. The molecule has 47 heavy (non-hydrogen) atoms. The van der Waals surface area contributed by atoms with E-state index in [4.69, 9.17) is 0 Å². The monoisotopic (exact) mass is 672 g/mol. The second-order valence-electron chi connectivity index (χ2n) is 11.5. The van der Waals surface area contributed by atoms with Crippen LogP contribution in [0.5, 0.6) is 0 Å². The number of aromatic nitrogens is 2. The number of hydrogen-bond acceptors (Lipinski definition) is 9. The van der Waals surface area contributed by atoms with E-state index in [1.807, 2.05) is 53.4 Å². The molecule has 242 valence electrons. The summed E-state index contributed by atoms with van der Waals surface area (Å²) in [7, 11) is -7.49. The minimum atomic E-state index is -3.76. The standard InChI is InChI=1S/C33H32N6O6S2/c40-32(41)30-23-34-33(37-15-19-39(20-16-37)47(44,45)29-12-10-25-6-2-4-8-27(25)22-29)35-31(30)36-13-17-38(18-14-36)46(42,43)28-11-9-24-5-1-3-7-26(24)21-28/h1-12,21-23H,13-20H2,(H,40,41). The van der Waals surface area contributed by atoms with Crippen molar-refractivity contribution in [2.75, 3.05) is 62.2 Å². The van der Waals surface area contributed by atoms with Gasteiger partial charge in [-0.2, -0.15) is 13.6 Å². The van der Waals surface area contributed by atoms with Gasteiger partial charge in [-0.25, -0.2) is 26.6 Å². The highest BCUT2D eigenvalue weighted by Crippen LogP contribution is 2.28. The minimum absolute atomic E-state index is 0.0860. The lowest BCUT2D eigenvalue weighted by atomic mass is 10.1. The van der Waals surface area contributed by atoms with Crippen molar-refractivity contribution in [3.05, 3.63) is 96.7 Å². The van der Waals surface area contributed by atoms with Crippen LogP contribution in [0.2, 0.25) is 0 Å². The lowest BCUT2D eigenvalue weighted by molar-refractivity contribution is 0.0696. The predicted molar refractivity (Wildman–Crippen MR) is 179 cm³/mol. The lowest BCUT2D eigenvalue weighted by Gasteiger charge is -2.36. The summed E-state index contributed by atoms with van der Waals surface area (Å²) >= 11 is 0. The highest BCUT2D eigenvalue weighted by Gasteiger charge is 2.33. The Morgan fingerprint density at radius 3 is 1.51 bits per heavy atom. The molecule has 0 radical (unpaired) electrons. The van der Waals surface area contributed by atoms with Gasteiger partial charge in [-0.3, -0.25) is 0 Å². The molecule has 7 rings (SSSR count). The molecule has 2 aliphatic heterocycles. The molecule has 0 bridgehead atoms. The topological polar surface area (TPSA) is 144 Å². The molecule has 3 heterocycles. The quantitative estimate of drug-likeness (QED) is 0.273. The van der Waals surface area contributed by atoms with E-state index in [9.17, 15) is 26.7 Å². The van der Waals surface area contributed by atoms with E-state index in [0.29, 0.717) is 19.0 Å². The van der Waals surface area contributed by atoms with Crippen LogP contribution in [0.1, 0.15) is 10.4 Å². The number of carboxylic acids is 1. The minimum Gasteiger partial charge on any atom is -0.477 e. The van der Waals surface area contributed by atoms with Crippen molar-refractivity contribution in [3.63, 3.8) is 0 Å². The zero-order valence-electron chi connectivity index (χ0n) is 25.3. The first-order valence-corrected chi connectivity index (χ1v) is 18.1. The third kappa shape index (κ3) is 5.89. The third-order valence-electron chi connectivity index (χ3n) is 8.76. The van der Waals surface area contributed by atoms with Crippen molar-refractivity contribution in [3.8, 4) is 0 Å². The Balaban J connectivity index is 1.05. The Kier molecular flexibility index (Phi) is 8.04. The number of anilines is 2. The second kappa shape index (κ2) is 12.2. The number of carbonyl (C=O) groups is 1. The molecule has 0 saturated carbocycles. The van der Waals surface area contributed by atoms with E-state index in [2.05, 4.69) is 9.97 Å². The molecule has 0 atom stereocenters. The first kappa shape index (κ1) is 31.0. The van der Waals surface area contributed by atoms with Gasteiger partial charge in [0.15, 0.2) is 0 Å². The van der Waals surface area contributed by atoms with Gasteiger partial charge >= 0.3 is 5.97 Å². The van der Waals surface area contributed by atoms with Crippen LogP contribution in [0.4, 0.5) is 11.8 Å². The van der Waals surface area contributed by atoms with Crippen molar-refractivity contribution < 1.29 is 26.7 Å². The maximum atomic E-state index is 13.5. The molecule has 1 N–H and O–H groups in total. The van der Waals surface area contributed by atoms with E-state index >= 15 is 0 Å². The van der Waals surface area contributed by atoms with Crippen LogP contribution in [-0.4, -0.2) is 98.8 Å². The molecule has 1 aromatic heterocycles. The van der Waals surface area contributed by atoms with Gasteiger partial charge in [0.25, 0.3) is 0 Å². The van der Waals surface area contributed by atoms with Crippen LogP contribution in [0.3, 0.4) is 0 Å². The number of fused-ring (bicyclic) bond motifs is 2. The Morgan fingerprint density at radius 1 is 0.596 bits per heavy atom. The average molecular weight is 673 g/mol. The molecule has 5 aromatic rings. The summed E-state index contributed by atoms with van der Waals surface area (Å²) in [4.78, 5) is 25.1. The Bertz CT molecular complexity index is 2210. The Hall–Kier alpha value is -4.63. The highest BCUT2D eigenvalue weighted by molar-refractivity contribution is 7.89. The number of hydrogen-bond donors (Lipinski definition) is 1. The number of carboxylic acid groups (broad SMARTS) is 1. The van der Waals surface area contributed by atoms with E-state index in [-0.39, 0.29) is 60.4 Å². The number of rotatable bonds is 7. The van der Waals surface area contributed by atoms with Crippen molar-refractivity contribution in [2.45, 2.75) is 9.79 Å². The fourth-order valence-electron chi connectivity index (χ4n) is 6.13. The van der Waals surface area contributed by atoms with Crippen LogP contribution < -0.4 is 9.80 Å². The zero-order chi connectivity index (χ0) is 32.8. The van der Waals surface area contributed by atoms with Gasteiger partial charge in [-0.1, -0.05) is 60.7 Å². The molecule has 12 nitrogen and oxygen atoms in total. The maximum absolute atomic E-state index is 13.5. The molecular weight excluding hydrogens is 641 g/mol. The van der Waals surface area contributed by atoms with E-state index < -0.39 is 26.0 Å². The largest absolute Gasteiger partial charge is 0.477 e. The van der Waals surface area contributed by atoms with Crippen LogP contribution in [0, 0.1) is 0 Å². The molecule has 0 aliphatic carbocycles. The second-order valence-corrected chi connectivity index (χ2v) is 15.4. The SMILES string of the molecule is O=C(O)c1cnc(N2CCN(S(=O)(=O)c3ccc4ccccc4c3)CC2)nc1N1CCN(S(=O)(=O)c2ccc3ccccc3c2)CC1. The first-order valence-electron chi connectivity index (χ1n) is 15.2. The van der Waals surface area contributed by atoms with Crippen molar-refractivity contribution in [1.82, 2.24) is 18.6 Å². The predicted octanol–water partition coefficient (Wildman–Crippen LogP) is 3.50. The maximum Gasteiger partial charge on any atom is 0.341 e. The van der Waals surface area contributed by atoms with Crippen LogP contribution in [-0.2, 0) is 20.0 Å². The molecule has 0 unspecified atom stereocenters. The van der Waals surface area contributed by atoms with Gasteiger partial charge < -0.3 is 14.9 Å². The molecule has 4 aromatic carbocycles. The molecule has 14 heteroatoms. The summed E-state index contributed by atoms with van der Waals surface area (Å²) in [5.74, 6) is -0.695. The summed E-state index contributed by atoms with van der Waals surface area (Å²) in [5.41, 5.74) is -0.0860. The molecule has 2 aliphatic rings. The Labute approximate surface area is 272 Å². The first-order chi connectivity index (χ1) is 22.6. The van der Waals surface area contributed by atoms with Crippen molar-refractivity contribution >= 4 is 59.3 Å². The zero-order valence-corrected chi connectivity index (χ0v) is 26.9. The Morgan fingerprint density at radius 2 is 1.04 bits per heavy atom. The normalized spacial score (nSPS) is 16.9. The van der Waals surface area contributed by atoms with Crippen molar-refractivity contribution in [1.29, 1.82) is 0 Å². The van der Waals surface area contributed by atoms with Gasteiger partial charge in [0.05, 0.1) is 9.79 Å². The molecule has 2 saturated heterocycles. The molecule has 0 amide bonds. The number of sulfonamides is 2. The van der Waals surface area contributed by atoms with Crippen LogP contribution in [0.15, 0.2) is 101 Å². The van der Waals surface area contributed by atoms with E-state index in [1.54, 1.807) is 41.3 Å². The van der Waals surface area contributed by atoms with Crippen LogP contribution in [0.25, 0.3) is 21.5 Å². The fraction of sp³-hybridized carbons (Fsp3) is 0.242. The number of piperazine rings is 2. The van der Waals surface area contributed by atoms with Gasteiger partial charge in [-0.15, -0.1) is 0 Å². The highest BCUT2D eigenvalue weighted by atomic mass is 32.2. The fourth-order valence-corrected chi connectivity index (χ4v) is 9.05. The van der Waals surface area contributed by atoms with Gasteiger partial charge in [-0.05, 0) is 45.8 Å². The average Bonchev–Trinajstić information content (AvgIpc) is 3.11. The van der Waals surface area contributed by atoms with Crippen molar-refractivity contribution in [2.24, 2.45) is 0 Å². The summed E-state index contributed by atoms with van der Waals surface area (Å²) in [6.07, 6.45) is 1.26. The van der Waals surface area contributed by atoms with Gasteiger partial charge in [0.1, 0.15) is 11.4 Å². The number of benzene rings is 4. The van der Waals surface area contributed by atoms with E-state index in [1.165, 1.54) is 14.8 Å². The summed E-state index contributed by atoms with van der Waals surface area (Å²) in [5, 5.41) is 13.5. The van der Waals surface area contributed by atoms with Gasteiger partial charge in [0.2, 0.25) is 26.0 Å². The van der Waals surface area contributed by atoms with E-state index in [0.717, 1.165) is 21.5 Å². The molecule has 2 fully saturated rings. The molecule has 0 spiro atoms. The number of nitrogens with zero attached hydrogens (tertiary/aromatic N) is 6. The smallest absolute Gasteiger partial charge is 0.341 e. The third-order valence-corrected chi connectivity index (χ3v) is 12.6. The summed E-state index contributed by atoms with van der Waals surface area (Å²) in [6, 6.07) is 25.3. The number of aromatic carboxylic acids is 1. The van der Waals surface area contributed by atoms with Gasteiger partial charge in [0, 0.05) is 58.6 Å². The van der Waals surface area contributed by atoms with Crippen LogP contribution >= 0.6 is 0 Å². The summed E-state index contributed by atoms with van der Waals surface area (Å²) in [6.45, 7) is 1.83. The summed E-state index contributed by atoms with van der Waals surface area (Å²) < 4.78 is 56.7. The lowest BCUT2D eigenvalue weighted by Crippen LogP contribution is -2.50.